The molecule has 27 heteroatoms. The molecule has 0 aromatic rings. The van der Waals surface area contributed by atoms with Crippen molar-refractivity contribution in [3.8, 4) is 0 Å². The Balaban J connectivity index is 1.04. The van der Waals surface area contributed by atoms with Gasteiger partial charge in [0.2, 0.25) is 0 Å². The summed E-state index contributed by atoms with van der Waals surface area (Å²) in [5.41, 5.74) is 0. The molecule has 0 bridgehead atoms. The van der Waals surface area contributed by atoms with E-state index < -0.39 is 203 Å². The highest BCUT2D eigenvalue weighted by atomic mass is 16.8. The van der Waals surface area contributed by atoms with Gasteiger partial charge in [-0.25, -0.2) is 9.59 Å². The van der Waals surface area contributed by atoms with Crippen molar-refractivity contribution >= 4 is 11.9 Å². The van der Waals surface area contributed by atoms with Crippen LogP contribution in [-0.4, -0.2) is 275 Å². The Morgan fingerprint density at radius 2 is 0.987 bits per heavy atom. The van der Waals surface area contributed by atoms with Gasteiger partial charge in [0.1, 0.15) is 86.5 Å². The molecule has 0 aromatic heterocycles. The Kier molecular flexibility index (Phi) is 22.1. The number of rotatable bonds is 17. The van der Waals surface area contributed by atoms with Crippen LogP contribution in [0, 0.1) is 23.7 Å². The van der Waals surface area contributed by atoms with Crippen molar-refractivity contribution in [2.45, 2.75) is 236 Å². The SMILES string of the molecule is COC1CC(C=CC(=O)OCC2OC(OC3C(OC4CC5C(OC6OC(CO)C(O)C(O)C6O)CC(O)CC5OC4C4CCC(O)C(O)C4)OC(COC(=O)C=CC4CCC(O)C(O)C4)C(O)C3O)C(O)C(O)C2O)CCC1O. The van der Waals surface area contributed by atoms with Crippen molar-refractivity contribution in [3.63, 3.8) is 0 Å². The quantitative estimate of drug-likeness (QED) is 0.0477. The van der Waals surface area contributed by atoms with E-state index in [0.717, 1.165) is 6.08 Å². The van der Waals surface area contributed by atoms with Gasteiger partial charge in [0, 0.05) is 31.6 Å². The van der Waals surface area contributed by atoms with Crippen LogP contribution in [0.5, 0.6) is 0 Å². The van der Waals surface area contributed by atoms with E-state index in [1.165, 1.54) is 19.3 Å². The second-order valence-corrected chi connectivity index (χ2v) is 22.7. The lowest BCUT2D eigenvalue weighted by Gasteiger charge is -2.53. The van der Waals surface area contributed by atoms with Gasteiger partial charge in [0.25, 0.3) is 0 Å². The Morgan fingerprint density at radius 1 is 0.468 bits per heavy atom. The molecule has 79 heavy (non-hydrogen) atoms. The molecular weight excluding hydrogens is 1060 g/mol. The van der Waals surface area contributed by atoms with E-state index in [2.05, 4.69) is 0 Å². The smallest absolute Gasteiger partial charge is 0.330 e. The maximum absolute atomic E-state index is 13.1. The molecule has 452 valence electrons. The number of hydrogen-bond acceptors (Lipinski definition) is 27. The zero-order chi connectivity index (χ0) is 57.0. The lowest BCUT2D eigenvalue weighted by Crippen LogP contribution is -2.66. The Labute approximate surface area is 455 Å². The van der Waals surface area contributed by atoms with E-state index in [4.69, 9.17) is 47.4 Å². The monoisotopic (exact) mass is 1140 g/mol. The molecule has 8 fully saturated rings. The summed E-state index contributed by atoms with van der Waals surface area (Å²) in [6, 6.07) is 0. The van der Waals surface area contributed by atoms with Gasteiger partial charge in [-0.05, 0) is 88.4 Å². The summed E-state index contributed by atoms with van der Waals surface area (Å²) >= 11 is 0. The average Bonchev–Trinajstić information content (AvgIpc) is 3.43. The fraction of sp³-hybridized carbons (Fsp3) is 0.885. The number of esters is 2. The standard InChI is InChI=1S/C52H82O27/c1-70-33-13-22(3-8-28(33)57)5-11-39(61)71-19-36-41(63)44(66)47(69)51(77-36)79-49-45(67)42(64)37(20-72-38(60)10-4-21-2-7-26(55)29(58)12-21)78-52(49)75-34-17-25-31(73-48(34)23-6-9-27(56)30(59)14-23)15-24(54)16-32(25)74-50-46(68)43(65)40(62)35(18-53)76-50/h4-5,10-11,21-37,40-59,62-69H,2-3,6-9,12-20H2,1H3. The fourth-order valence-corrected chi connectivity index (χ4v) is 12.4. The third-order valence-electron chi connectivity index (χ3n) is 17.2. The van der Waals surface area contributed by atoms with Gasteiger partial charge < -0.3 is 124 Å². The summed E-state index contributed by atoms with van der Waals surface area (Å²) in [5.74, 6) is -3.40. The van der Waals surface area contributed by atoms with E-state index in [1.54, 1.807) is 6.08 Å². The van der Waals surface area contributed by atoms with Crippen LogP contribution in [0.15, 0.2) is 24.3 Å². The molecule has 0 amide bonds. The molecule has 4 heterocycles. The minimum absolute atomic E-state index is 0.0127. The zero-order valence-corrected chi connectivity index (χ0v) is 43.8. The third-order valence-corrected chi connectivity index (χ3v) is 17.2. The lowest BCUT2D eigenvalue weighted by atomic mass is 9.72. The molecule has 30 unspecified atom stereocenters. The number of carbonyl (C=O) groups excluding carboxylic acids is 2. The van der Waals surface area contributed by atoms with Gasteiger partial charge >= 0.3 is 11.9 Å². The van der Waals surface area contributed by atoms with Crippen LogP contribution in [0.1, 0.15) is 77.0 Å². The van der Waals surface area contributed by atoms with Gasteiger partial charge in [0.05, 0.1) is 73.8 Å². The molecule has 4 aliphatic heterocycles. The number of fused-ring (bicyclic) bond motifs is 1. The van der Waals surface area contributed by atoms with Crippen LogP contribution in [0.25, 0.3) is 0 Å². The first-order valence-corrected chi connectivity index (χ1v) is 27.6. The molecule has 0 aromatic carbocycles. The van der Waals surface area contributed by atoms with Crippen molar-refractivity contribution in [1.82, 2.24) is 0 Å². The van der Waals surface area contributed by atoms with Crippen LogP contribution in [-0.2, 0) is 57.0 Å². The maximum atomic E-state index is 13.1. The van der Waals surface area contributed by atoms with E-state index in [0.29, 0.717) is 38.5 Å². The second kappa shape index (κ2) is 27.9. The summed E-state index contributed by atoms with van der Waals surface area (Å²) in [4.78, 5) is 26.0. The predicted octanol–water partition coefficient (Wildman–Crippen LogP) is -5.46. The summed E-state index contributed by atoms with van der Waals surface area (Å²) in [6.45, 7) is -2.12. The van der Waals surface area contributed by atoms with Crippen LogP contribution in [0.4, 0.5) is 0 Å². The number of ether oxygens (including phenoxy) is 10. The molecule has 0 spiro atoms. The fourth-order valence-electron chi connectivity index (χ4n) is 12.4. The highest BCUT2D eigenvalue weighted by Crippen LogP contribution is 2.45. The first-order valence-electron chi connectivity index (χ1n) is 27.6. The summed E-state index contributed by atoms with van der Waals surface area (Å²) in [5, 5.41) is 162. The minimum atomic E-state index is -2.06. The van der Waals surface area contributed by atoms with Gasteiger partial charge in [0.15, 0.2) is 18.9 Å². The van der Waals surface area contributed by atoms with Crippen molar-refractivity contribution in [2.75, 3.05) is 26.9 Å². The molecule has 30 atom stereocenters. The van der Waals surface area contributed by atoms with Gasteiger partial charge in [-0.15, -0.1) is 0 Å². The number of methoxy groups -OCH3 is 1. The van der Waals surface area contributed by atoms with E-state index in [9.17, 15) is 86.2 Å². The van der Waals surface area contributed by atoms with E-state index in [-0.39, 0.29) is 50.4 Å². The number of aliphatic hydroxyl groups excluding tert-OH is 15. The number of hydrogen-bond donors (Lipinski definition) is 15. The van der Waals surface area contributed by atoms with Gasteiger partial charge in [-0.1, -0.05) is 12.2 Å². The minimum Gasteiger partial charge on any atom is -0.460 e. The normalized spacial score (nSPS) is 49.1. The largest absolute Gasteiger partial charge is 0.460 e. The third kappa shape index (κ3) is 15.1. The molecule has 8 aliphatic rings. The first kappa shape index (κ1) is 62.5. The molecule has 4 aliphatic carbocycles. The topological polar surface area (TPSA) is 430 Å². The second-order valence-electron chi connectivity index (χ2n) is 22.7. The number of allylic oxidation sites excluding steroid dienone is 2. The Hall–Kier alpha value is -2.50. The maximum Gasteiger partial charge on any atom is 0.330 e. The van der Waals surface area contributed by atoms with Crippen molar-refractivity contribution in [3.05, 3.63) is 24.3 Å². The van der Waals surface area contributed by atoms with Gasteiger partial charge in [-0.3, -0.25) is 0 Å². The molecule has 4 saturated carbocycles. The molecular formula is C52H82O27. The lowest BCUT2D eigenvalue weighted by molar-refractivity contribution is -0.380. The van der Waals surface area contributed by atoms with Crippen LogP contribution in [0.2, 0.25) is 0 Å². The van der Waals surface area contributed by atoms with E-state index in [1.807, 2.05) is 0 Å². The Bertz CT molecular complexity index is 2000. The van der Waals surface area contributed by atoms with Gasteiger partial charge in [-0.2, -0.15) is 0 Å². The zero-order valence-electron chi connectivity index (χ0n) is 43.8. The predicted molar refractivity (Wildman–Crippen MR) is 261 cm³/mol. The number of aliphatic hydroxyl groups is 15. The highest BCUT2D eigenvalue weighted by molar-refractivity contribution is 5.82. The van der Waals surface area contributed by atoms with Crippen molar-refractivity contribution in [1.29, 1.82) is 0 Å². The Morgan fingerprint density at radius 3 is 1.58 bits per heavy atom. The molecule has 4 saturated heterocycles. The molecule has 8 rings (SSSR count). The first-order chi connectivity index (χ1) is 37.6. The summed E-state index contributed by atoms with van der Waals surface area (Å²) < 4.78 is 60.0. The highest BCUT2D eigenvalue weighted by Gasteiger charge is 2.56. The average molecular weight is 1140 g/mol. The van der Waals surface area contributed by atoms with Crippen LogP contribution < -0.4 is 0 Å². The summed E-state index contributed by atoms with van der Waals surface area (Å²) in [6.07, 6.45) is -28.8. The molecule has 15 N–H and O–H groups in total. The van der Waals surface area contributed by atoms with Crippen molar-refractivity contribution < 1.29 is 134 Å². The molecule has 27 nitrogen and oxygen atoms in total. The van der Waals surface area contributed by atoms with E-state index >= 15 is 0 Å². The van der Waals surface area contributed by atoms with Crippen molar-refractivity contribution in [2.24, 2.45) is 23.7 Å². The van der Waals surface area contributed by atoms with Crippen LogP contribution in [0.3, 0.4) is 0 Å². The number of carbonyl (C=O) groups is 2. The van der Waals surface area contributed by atoms with Crippen LogP contribution >= 0.6 is 0 Å². The molecule has 0 radical (unpaired) electrons. The summed E-state index contributed by atoms with van der Waals surface area (Å²) in [7, 11) is 1.48.